The van der Waals surface area contributed by atoms with Gasteiger partial charge in [0, 0.05) is 48.0 Å². The number of carbonyl (C=O) groups is 2. The summed E-state index contributed by atoms with van der Waals surface area (Å²) in [5.41, 5.74) is 3.81. The van der Waals surface area contributed by atoms with E-state index in [9.17, 15) is 14.7 Å². The lowest BCUT2D eigenvalue weighted by Crippen LogP contribution is -2.67. The van der Waals surface area contributed by atoms with E-state index in [2.05, 4.69) is 33.8 Å². The van der Waals surface area contributed by atoms with E-state index in [1.165, 1.54) is 21.3 Å². The molecule has 4 heterocycles. The van der Waals surface area contributed by atoms with Crippen molar-refractivity contribution in [2.45, 2.75) is 23.5 Å². The van der Waals surface area contributed by atoms with Gasteiger partial charge in [-0.15, -0.1) is 16.9 Å². The number of benzene rings is 1. The number of carboxylic acids is 1. The Hall–Kier alpha value is -3.38. The Balaban J connectivity index is 1.29. The maximum atomic E-state index is 13.0. The molecule has 0 spiro atoms. The minimum absolute atomic E-state index is 0.0693. The molecule has 2 atom stereocenters. The third-order valence-corrected chi connectivity index (χ3v) is 8.19. The number of carbonyl (C=O) groups excluding carboxylic acids is 1. The monoisotopic (exact) mass is 496 g/mol. The second-order valence-corrected chi connectivity index (χ2v) is 9.99. The van der Waals surface area contributed by atoms with Crippen molar-refractivity contribution in [1.82, 2.24) is 25.1 Å². The van der Waals surface area contributed by atoms with Crippen LogP contribution in [0.2, 0.25) is 0 Å². The highest BCUT2D eigenvalue weighted by molar-refractivity contribution is 8.01. The maximum absolute atomic E-state index is 13.0. The number of hydrogen-bond acceptors (Lipinski definition) is 8. The largest absolute Gasteiger partial charge is 0.477 e. The molecule has 174 valence electrons. The zero-order valence-electron chi connectivity index (χ0n) is 18.5. The maximum Gasteiger partial charge on any atom is 0.352 e. The number of nitrogens with one attached hydrogen (secondary N) is 1. The number of aliphatic carboxylic acids is 1. The van der Waals surface area contributed by atoms with Crippen LogP contribution in [-0.4, -0.2) is 65.0 Å². The van der Waals surface area contributed by atoms with E-state index in [-0.39, 0.29) is 17.0 Å². The molecule has 0 saturated carbocycles. The number of thioether (sulfide) groups is 2. The highest BCUT2D eigenvalue weighted by Gasteiger charge is 2.53. The second kappa shape index (κ2) is 9.11. The van der Waals surface area contributed by atoms with Crippen molar-refractivity contribution in [3.63, 3.8) is 0 Å². The van der Waals surface area contributed by atoms with Crippen molar-refractivity contribution in [3.8, 4) is 5.69 Å². The number of tetrazole rings is 1. The van der Waals surface area contributed by atoms with Gasteiger partial charge in [0.05, 0.1) is 0 Å². The number of carboxylic acid groups (broad SMARTS) is 1. The number of fused-ring (bicyclic) bond motifs is 1. The number of amides is 1. The normalized spacial score (nSPS) is 19.6. The van der Waals surface area contributed by atoms with Gasteiger partial charge in [-0.1, -0.05) is 30.0 Å². The van der Waals surface area contributed by atoms with Crippen LogP contribution in [0.5, 0.6) is 0 Å². The molecule has 0 radical (unpaired) electrons. The Labute approximate surface area is 204 Å². The molecule has 1 amide bonds. The Morgan fingerprint density at radius 3 is 2.74 bits per heavy atom. The standard InChI is InChI=1S/C22H21N7O3S2/c1-13-5-3-4-6-16(13)28-9-7-15(8-10-28)23-17-19(30)29-18(21(31)32)14(11-33-20(17)29)12-34-22-24-25-26-27(22)2/h3-10,17,20H,11-12H2,1-2H3,(H,31,32)/p+1/t17-,20-/m1/s1. The summed E-state index contributed by atoms with van der Waals surface area (Å²) in [6.45, 7) is 2.06. The van der Waals surface area contributed by atoms with Crippen molar-refractivity contribution in [2.24, 2.45) is 7.05 Å². The van der Waals surface area contributed by atoms with Crippen molar-refractivity contribution < 1.29 is 19.3 Å². The van der Waals surface area contributed by atoms with E-state index < -0.39 is 12.0 Å². The van der Waals surface area contributed by atoms with Gasteiger partial charge in [0.25, 0.3) is 5.91 Å². The highest BCUT2D eigenvalue weighted by Crippen LogP contribution is 2.42. The van der Waals surface area contributed by atoms with Crippen LogP contribution in [0.15, 0.2) is 65.2 Å². The molecule has 1 saturated heterocycles. The fourth-order valence-corrected chi connectivity index (χ4v) is 6.34. The summed E-state index contributed by atoms with van der Waals surface area (Å²) in [6, 6.07) is 11.5. The number of hydrogen-bond donors (Lipinski definition) is 2. The Bertz CT molecular complexity index is 1290. The topological polar surface area (TPSA) is 117 Å². The second-order valence-electron chi connectivity index (χ2n) is 7.94. The molecule has 2 N–H and O–H groups in total. The van der Waals surface area contributed by atoms with Crippen LogP contribution < -0.4 is 9.88 Å². The molecule has 3 aromatic rings. The SMILES string of the molecule is Cc1ccccc1-[n+]1ccc(N[C@@H]2C(=O)N3C(C(=O)O)=C(CSc4nnnn4C)CS[C@H]23)cc1. The Morgan fingerprint density at radius 1 is 1.29 bits per heavy atom. The van der Waals surface area contributed by atoms with Crippen LogP contribution in [0, 0.1) is 6.92 Å². The lowest BCUT2D eigenvalue weighted by Gasteiger charge is -2.49. The first-order chi connectivity index (χ1) is 16.4. The number of pyridine rings is 1. The minimum Gasteiger partial charge on any atom is -0.477 e. The van der Waals surface area contributed by atoms with Gasteiger partial charge < -0.3 is 10.4 Å². The number of nitrogens with zero attached hydrogens (tertiary/aromatic N) is 6. The van der Waals surface area contributed by atoms with E-state index in [0.717, 1.165) is 16.9 Å². The number of aromatic nitrogens is 5. The van der Waals surface area contributed by atoms with Gasteiger partial charge in [0.15, 0.2) is 12.4 Å². The molecule has 34 heavy (non-hydrogen) atoms. The molecule has 5 rings (SSSR count). The molecule has 0 aliphatic carbocycles. The summed E-state index contributed by atoms with van der Waals surface area (Å²) in [4.78, 5) is 26.4. The van der Waals surface area contributed by atoms with Gasteiger partial charge in [-0.25, -0.2) is 9.48 Å². The van der Waals surface area contributed by atoms with Crippen LogP contribution in [-0.2, 0) is 16.6 Å². The van der Waals surface area contributed by atoms with E-state index in [1.54, 1.807) is 18.8 Å². The third-order valence-electron chi connectivity index (χ3n) is 5.75. The first kappa shape index (κ1) is 22.4. The fraction of sp³-hybridized carbons (Fsp3) is 0.273. The molecular weight excluding hydrogens is 474 g/mol. The first-order valence-corrected chi connectivity index (χ1v) is 12.6. The van der Waals surface area contributed by atoms with E-state index >= 15 is 0 Å². The number of rotatable bonds is 7. The summed E-state index contributed by atoms with van der Waals surface area (Å²) in [6.07, 6.45) is 3.89. The number of anilines is 1. The molecule has 10 nitrogen and oxygen atoms in total. The number of para-hydroxylation sites is 1. The molecule has 2 aliphatic heterocycles. The van der Waals surface area contributed by atoms with E-state index in [4.69, 9.17) is 0 Å². The summed E-state index contributed by atoms with van der Waals surface area (Å²) >= 11 is 2.91. The highest BCUT2D eigenvalue weighted by atomic mass is 32.2. The Kier molecular flexibility index (Phi) is 6.00. The average molecular weight is 497 g/mol. The van der Waals surface area contributed by atoms with E-state index in [1.807, 2.05) is 47.3 Å². The lowest BCUT2D eigenvalue weighted by molar-refractivity contribution is -0.596. The van der Waals surface area contributed by atoms with Crippen LogP contribution >= 0.6 is 23.5 Å². The van der Waals surface area contributed by atoms with Crippen molar-refractivity contribution in [2.75, 3.05) is 16.8 Å². The van der Waals surface area contributed by atoms with Crippen molar-refractivity contribution >= 4 is 41.1 Å². The minimum atomic E-state index is -1.09. The van der Waals surface area contributed by atoms with E-state index in [0.29, 0.717) is 22.2 Å². The summed E-state index contributed by atoms with van der Waals surface area (Å²) in [7, 11) is 1.72. The van der Waals surface area contributed by atoms with Crippen molar-refractivity contribution in [3.05, 3.63) is 65.6 Å². The predicted molar refractivity (Wildman–Crippen MR) is 127 cm³/mol. The smallest absolute Gasteiger partial charge is 0.352 e. The average Bonchev–Trinajstić information content (AvgIpc) is 3.25. The van der Waals surface area contributed by atoms with Crippen LogP contribution in [0.25, 0.3) is 5.69 Å². The quantitative estimate of drug-likeness (QED) is 0.286. The molecule has 1 fully saturated rings. The lowest BCUT2D eigenvalue weighted by atomic mass is 10.0. The molecular formula is C22H22N7O3S2+. The summed E-state index contributed by atoms with van der Waals surface area (Å²) in [5.74, 6) is -0.417. The van der Waals surface area contributed by atoms with Gasteiger partial charge in [0.1, 0.15) is 17.1 Å². The summed E-state index contributed by atoms with van der Waals surface area (Å²) in [5, 5.41) is 24.8. The Morgan fingerprint density at radius 2 is 2.06 bits per heavy atom. The summed E-state index contributed by atoms with van der Waals surface area (Å²) < 4.78 is 3.55. The molecule has 2 aromatic heterocycles. The predicted octanol–water partition coefficient (Wildman–Crippen LogP) is 1.62. The van der Waals surface area contributed by atoms with Gasteiger partial charge in [-0.3, -0.25) is 9.69 Å². The van der Waals surface area contributed by atoms with Gasteiger partial charge >= 0.3 is 5.97 Å². The zero-order chi connectivity index (χ0) is 23.8. The van der Waals surface area contributed by atoms with Crippen LogP contribution in [0.1, 0.15) is 5.56 Å². The van der Waals surface area contributed by atoms with Gasteiger partial charge in [-0.05, 0) is 22.9 Å². The number of β-lactam (4-membered cyclic amide) rings is 1. The van der Waals surface area contributed by atoms with Crippen LogP contribution in [0.4, 0.5) is 5.69 Å². The first-order valence-electron chi connectivity index (χ1n) is 10.5. The van der Waals surface area contributed by atoms with Gasteiger partial charge in [-0.2, -0.15) is 4.57 Å². The molecule has 12 heteroatoms. The molecule has 2 aliphatic rings. The number of aryl methyl sites for hydroxylation is 2. The van der Waals surface area contributed by atoms with Crippen molar-refractivity contribution in [1.29, 1.82) is 0 Å². The zero-order valence-corrected chi connectivity index (χ0v) is 20.1. The third kappa shape index (κ3) is 4.03. The fourth-order valence-electron chi connectivity index (χ4n) is 4.01. The van der Waals surface area contributed by atoms with Crippen LogP contribution in [0.3, 0.4) is 0 Å². The molecule has 1 aromatic carbocycles. The van der Waals surface area contributed by atoms with Gasteiger partial charge in [0.2, 0.25) is 10.8 Å². The molecule has 0 unspecified atom stereocenters. The molecule has 0 bridgehead atoms.